The molecule has 0 amide bonds. The van der Waals surface area contributed by atoms with E-state index in [0.29, 0.717) is 5.57 Å². The van der Waals surface area contributed by atoms with Crippen molar-refractivity contribution in [3.63, 3.8) is 0 Å². The summed E-state index contributed by atoms with van der Waals surface area (Å²) >= 11 is 1.78. The molecular weight excluding hydrogens is 424 g/mol. The quantitative estimate of drug-likeness (QED) is 0.368. The van der Waals surface area contributed by atoms with Crippen molar-refractivity contribution in [2.75, 3.05) is 5.75 Å². The molecule has 2 heterocycles. The first-order valence-electron chi connectivity index (χ1n) is 10.9. The van der Waals surface area contributed by atoms with Gasteiger partial charge in [0.2, 0.25) is 5.88 Å². The van der Waals surface area contributed by atoms with E-state index in [0.717, 1.165) is 33.8 Å². The summed E-state index contributed by atoms with van der Waals surface area (Å²) in [5.41, 5.74) is 12.3. The van der Waals surface area contributed by atoms with E-state index in [2.05, 4.69) is 84.9 Å². The molecule has 1 atom stereocenters. The highest BCUT2D eigenvalue weighted by Crippen LogP contribution is 2.49. The van der Waals surface area contributed by atoms with Crippen molar-refractivity contribution >= 4 is 28.3 Å². The molecule has 6 rings (SSSR count). The monoisotopic (exact) mass is 444 g/mol. The lowest BCUT2D eigenvalue weighted by Crippen LogP contribution is -2.23. The average molecular weight is 445 g/mol. The Morgan fingerprint density at radius 3 is 2.42 bits per heavy atom. The zero-order valence-corrected chi connectivity index (χ0v) is 18.6. The molecule has 2 aliphatic heterocycles. The van der Waals surface area contributed by atoms with Crippen LogP contribution in [0.3, 0.4) is 0 Å². The molecular formula is C29H20N2OS. The Morgan fingerprint density at radius 2 is 1.58 bits per heavy atom. The molecule has 0 bridgehead atoms. The van der Waals surface area contributed by atoms with E-state index in [1.165, 1.54) is 21.2 Å². The lowest BCUT2D eigenvalue weighted by molar-refractivity contribution is 0.354. The first-order valence-corrected chi connectivity index (χ1v) is 11.8. The van der Waals surface area contributed by atoms with Crippen molar-refractivity contribution in [1.29, 1.82) is 5.26 Å². The number of rotatable bonds is 2. The van der Waals surface area contributed by atoms with Gasteiger partial charge in [0.1, 0.15) is 17.4 Å². The smallest absolute Gasteiger partial charge is 0.205 e. The van der Waals surface area contributed by atoms with E-state index in [1.807, 2.05) is 12.1 Å². The minimum Gasteiger partial charge on any atom is -0.440 e. The minimum absolute atomic E-state index is 0.195. The first-order chi connectivity index (χ1) is 16.2. The Morgan fingerprint density at radius 1 is 0.848 bits per heavy atom. The van der Waals surface area contributed by atoms with Crippen molar-refractivity contribution in [1.82, 2.24) is 0 Å². The third kappa shape index (κ3) is 3.21. The Labute approximate surface area is 196 Å². The summed E-state index contributed by atoms with van der Waals surface area (Å²) in [5.74, 6) is 1.55. The van der Waals surface area contributed by atoms with Gasteiger partial charge in [0, 0.05) is 16.2 Å². The summed E-state index contributed by atoms with van der Waals surface area (Å²) < 4.78 is 6.01. The van der Waals surface area contributed by atoms with E-state index in [9.17, 15) is 5.26 Å². The van der Waals surface area contributed by atoms with Gasteiger partial charge in [-0.1, -0.05) is 84.9 Å². The fraction of sp³-hybridized carbons (Fsp3) is 0.0690. The molecule has 4 heteroatoms. The van der Waals surface area contributed by atoms with Gasteiger partial charge in [-0.2, -0.15) is 5.26 Å². The minimum atomic E-state index is -0.207. The number of fused-ring (bicyclic) bond motifs is 3. The van der Waals surface area contributed by atoms with Gasteiger partial charge in [-0.05, 0) is 39.1 Å². The summed E-state index contributed by atoms with van der Waals surface area (Å²) in [7, 11) is 0. The molecule has 0 fully saturated rings. The van der Waals surface area contributed by atoms with Crippen molar-refractivity contribution in [3.8, 4) is 17.2 Å². The molecule has 0 aliphatic carbocycles. The average Bonchev–Trinajstić information content (AvgIpc) is 2.87. The Kier molecular flexibility index (Phi) is 4.71. The number of nitrogens with zero attached hydrogens (tertiary/aromatic N) is 1. The number of hydrogen-bond donors (Lipinski definition) is 1. The molecule has 4 aromatic rings. The third-order valence-electron chi connectivity index (χ3n) is 6.39. The Bertz CT molecular complexity index is 1500. The summed E-state index contributed by atoms with van der Waals surface area (Å²) in [6.07, 6.45) is 0. The maximum atomic E-state index is 9.93. The fourth-order valence-corrected chi connectivity index (χ4v) is 5.91. The fourth-order valence-electron chi connectivity index (χ4n) is 4.81. The van der Waals surface area contributed by atoms with Crippen LogP contribution in [0.1, 0.15) is 17.0 Å². The predicted molar refractivity (Wildman–Crippen MR) is 134 cm³/mol. The molecule has 0 aromatic heterocycles. The third-order valence-corrected chi connectivity index (χ3v) is 7.51. The maximum absolute atomic E-state index is 9.93. The molecule has 1 unspecified atom stereocenters. The number of thioether (sulfide) groups is 1. The largest absolute Gasteiger partial charge is 0.440 e. The Balaban J connectivity index is 1.46. The summed E-state index contributed by atoms with van der Waals surface area (Å²) in [6.45, 7) is 0. The van der Waals surface area contributed by atoms with Crippen LogP contribution in [0.25, 0.3) is 27.7 Å². The van der Waals surface area contributed by atoms with E-state index >= 15 is 0 Å². The van der Waals surface area contributed by atoms with Crippen LogP contribution < -0.4 is 5.73 Å². The van der Waals surface area contributed by atoms with E-state index in [4.69, 9.17) is 10.5 Å². The van der Waals surface area contributed by atoms with E-state index in [-0.39, 0.29) is 11.8 Å². The van der Waals surface area contributed by atoms with Crippen LogP contribution in [0.2, 0.25) is 0 Å². The van der Waals surface area contributed by atoms with Gasteiger partial charge in [0.15, 0.2) is 0 Å². The number of benzene rings is 4. The molecule has 158 valence electrons. The topological polar surface area (TPSA) is 59.0 Å². The second-order valence-corrected chi connectivity index (χ2v) is 9.23. The molecule has 0 saturated carbocycles. The highest BCUT2D eigenvalue weighted by atomic mass is 32.2. The lowest BCUT2D eigenvalue weighted by Gasteiger charge is -2.32. The Hall–Kier alpha value is -3.94. The van der Waals surface area contributed by atoms with E-state index < -0.39 is 0 Å². The van der Waals surface area contributed by atoms with Crippen LogP contribution in [-0.4, -0.2) is 5.75 Å². The van der Waals surface area contributed by atoms with Crippen molar-refractivity contribution in [3.05, 3.63) is 119 Å². The second kappa shape index (κ2) is 7.88. The molecule has 0 spiro atoms. The van der Waals surface area contributed by atoms with Crippen LogP contribution in [0.5, 0.6) is 0 Å². The molecule has 2 aliphatic rings. The van der Waals surface area contributed by atoms with Crippen molar-refractivity contribution in [2.45, 2.75) is 10.8 Å². The second-order valence-electron chi connectivity index (χ2n) is 8.21. The standard InChI is InChI=1S/C29H20N2OS/c30-16-24-27(25-17-33-26-11-4-3-9-23(26)28(25)32-29(24)31)20-14-12-19(13-15-20)22-10-5-7-18-6-1-2-8-21(18)22/h1-15,27H,17,31H2. The van der Waals surface area contributed by atoms with Gasteiger partial charge < -0.3 is 10.5 Å². The molecule has 4 aromatic carbocycles. The van der Waals surface area contributed by atoms with Crippen LogP contribution in [0.4, 0.5) is 0 Å². The lowest BCUT2D eigenvalue weighted by atomic mass is 9.82. The van der Waals surface area contributed by atoms with Crippen LogP contribution in [0.15, 0.2) is 113 Å². The molecule has 33 heavy (non-hydrogen) atoms. The van der Waals surface area contributed by atoms with Gasteiger partial charge in [0.25, 0.3) is 0 Å². The molecule has 0 radical (unpaired) electrons. The van der Waals surface area contributed by atoms with Gasteiger partial charge in [0.05, 0.1) is 5.92 Å². The molecule has 2 N–H and O–H groups in total. The summed E-state index contributed by atoms with van der Waals surface area (Å²) in [5, 5.41) is 12.4. The maximum Gasteiger partial charge on any atom is 0.205 e. The summed E-state index contributed by atoms with van der Waals surface area (Å²) in [4.78, 5) is 1.18. The van der Waals surface area contributed by atoms with Gasteiger partial charge in [-0.3, -0.25) is 0 Å². The predicted octanol–water partition coefficient (Wildman–Crippen LogP) is 6.83. The zero-order chi connectivity index (χ0) is 22.4. The van der Waals surface area contributed by atoms with Gasteiger partial charge >= 0.3 is 0 Å². The van der Waals surface area contributed by atoms with Crippen molar-refractivity contribution < 1.29 is 4.74 Å². The number of ether oxygens (including phenoxy) is 1. The highest BCUT2D eigenvalue weighted by Gasteiger charge is 2.36. The number of allylic oxidation sites excluding steroid dienone is 1. The SMILES string of the molecule is N#CC1=C(N)OC2=C(CSc3ccccc32)C1c1ccc(-c2cccc3ccccc23)cc1. The van der Waals surface area contributed by atoms with E-state index in [1.54, 1.807) is 11.8 Å². The van der Waals surface area contributed by atoms with Crippen molar-refractivity contribution in [2.24, 2.45) is 5.73 Å². The molecule has 3 nitrogen and oxygen atoms in total. The number of nitrogens with two attached hydrogens (primary N) is 1. The van der Waals surface area contributed by atoms with Crippen LogP contribution >= 0.6 is 11.8 Å². The number of nitriles is 1. The first kappa shape index (κ1) is 19.7. The van der Waals surface area contributed by atoms with Crippen LogP contribution in [0, 0.1) is 11.3 Å². The highest BCUT2D eigenvalue weighted by molar-refractivity contribution is 7.99. The van der Waals surface area contributed by atoms with Gasteiger partial charge in [-0.25, -0.2) is 0 Å². The zero-order valence-electron chi connectivity index (χ0n) is 17.8. The molecule has 0 saturated heterocycles. The van der Waals surface area contributed by atoms with Gasteiger partial charge in [-0.15, -0.1) is 11.8 Å². The van der Waals surface area contributed by atoms with Crippen LogP contribution in [-0.2, 0) is 4.74 Å². The summed E-state index contributed by atoms with van der Waals surface area (Å²) in [6, 6.07) is 33.8. The number of hydrogen-bond acceptors (Lipinski definition) is 4. The normalized spacial score (nSPS) is 17.2.